The van der Waals surface area contributed by atoms with Gasteiger partial charge < -0.3 is 10.1 Å². The van der Waals surface area contributed by atoms with E-state index in [4.69, 9.17) is 16.3 Å². The maximum atomic E-state index is 13.3. The number of methoxy groups -OCH3 is 1. The van der Waals surface area contributed by atoms with Crippen LogP contribution in [0.5, 0.6) is 5.75 Å². The van der Waals surface area contributed by atoms with Gasteiger partial charge in [0.25, 0.3) is 11.1 Å². The molecule has 0 spiro atoms. The van der Waals surface area contributed by atoms with Crippen LogP contribution in [0.3, 0.4) is 0 Å². The summed E-state index contributed by atoms with van der Waals surface area (Å²) >= 11 is 6.23. The van der Waals surface area contributed by atoms with Crippen LogP contribution in [-0.2, 0) is 25.8 Å². The van der Waals surface area contributed by atoms with Gasteiger partial charge in [-0.3, -0.25) is 19.7 Å². The van der Waals surface area contributed by atoms with E-state index in [1.54, 1.807) is 12.1 Å². The van der Waals surface area contributed by atoms with Gasteiger partial charge in [-0.15, -0.1) is 0 Å². The minimum Gasteiger partial charge on any atom is -0.497 e. The first-order valence-corrected chi connectivity index (χ1v) is 12.3. The number of imide groups is 1. The molecule has 0 aromatic heterocycles. The molecule has 1 saturated heterocycles. The van der Waals surface area contributed by atoms with Crippen molar-refractivity contribution in [3.63, 3.8) is 0 Å². The minimum atomic E-state index is -4.29. The number of ether oxygens (including phenoxy) is 1. The number of rotatable bonds is 9. The van der Waals surface area contributed by atoms with Crippen LogP contribution in [0.1, 0.15) is 18.4 Å². The number of nitrogens with one attached hydrogen (secondary N) is 2. The zero-order chi connectivity index (χ0) is 23.4. The summed E-state index contributed by atoms with van der Waals surface area (Å²) in [6.07, 6.45) is -0.0357. The Morgan fingerprint density at radius 3 is 2.34 bits per heavy atom. The fraction of sp³-hybridized carbons (Fsp3) is 0.286. The average molecular weight is 497 g/mol. The first-order valence-electron chi connectivity index (χ1n) is 9.62. The Kier molecular flexibility index (Phi) is 7.47. The smallest absolute Gasteiger partial charge is 0.287 e. The molecule has 0 saturated carbocycles. The number of amides is 3. The summed E-state index contributed by atoms with van der Waals surface area (Å²) in [5, 5.41) is 4.59. The van der Waals surface area contributed by atoms with Crippen LogP contribution >= 0.6 is 23.4 Å². The van der Waals surface area contributed by atoms with Crippen molar-refractivity contribution < 1.29 is 27.5 Å². The number of carbonyl (C=O) groups is 3. The van der Waals surface area contributed by atoms with E-state index in [0.717, 1.165) is 5.56 Å². The van der Waals surface area contributed by atoms with Gasteiger partial charge in [-0.1, -0.05) is 23.7 Å². The van der Waals surface area contributed by atoms with Crippen LogP contribution in [0.4, 0.5) is 4.79 Å². The van der Waals surface area contributed by atoms with Crippen LogP contribution in [0.15, 0.2) is 53.4 Å². The second-order valence-electron chi connectivity index (χ2n) is 7.00. The molecule has 8 nitrogen and oxygen atoms in total. The summed E-state index contributed by atoms with van der Waals surface area (Å²) in [6.45, 7) is 0.330. The Balaban J connectivity index is 1.70. The molecule has 2 N–H and O–H groups in total. The van der Waals surface area contributed by atoms with E-state index in [0.29, 0.717) is 35.5 Å². The molecule has 170 valence electrons. The highest BCUT2D eigenvalue weighted by Crippen LogP contribution is 2.44. The van der Waals surface area contributed by atoms with E-state index < -0.39 is 31.0 Å². The molecule has 1 atom stereocenters. The molecule has 11 heteroatoms. The second kappa shape index (κ2) is 9.93. The average Bonchev–Trinajstić information content (AvgIpc) is 3.08. The Bertz CT molecular complexity index is 1120. The molecule has 2 aromatic carbocycles. The molecule has 0 radical (unpaired) electrons. The summed E-state index contributed by atoms with van der Waals surface area (Å²) in [4.78, 5) is 36.7. The van der Waals surface area contributed by atoms with Crippen molar-refractivity contribution in [2.75, 3.05) is 13.7 Å². The van der Waals surface area contributed by atoms with Gasteiger partial charge in [-0.25, -0.2) is 8.42 Å². The first kappa shape index (κ1) is 24.1. The van der Waals surface area contributed by atoms with E-state index in [9.17, 15) is 22.8 Å². The third kappa shape index (κ3) is 5.08. The van der Waals surface area contributed by atoms with Gasteiger partial charge in [0.2, 0.25) is 19.8 Å². The zero-order valence-corrected chi connectivity index (χ0v) is 19.5. The molecule has 2 aromatic rings. The highest BCUT2D eigenvalue weighted by atomic mass is 35.5. The third-order valence-electron chi connectivity index (χ3n) is 4.95. The van der Waals surface area contributed by atoms with Gasteiger partial charge in [0, 0.05) is 18.0 Å². The maximum absolute atomic E-state index is 13.3. The predicted octanol–water partition coefficient (Wildman–Crippen LogP) is 2.94. The van der Waals surface area contributed by atoms with Gasteiger partial charge in [-0.2, -0.15) is 0 Å². The molecule has 1 unspecified atom stereocenters. The molecule has 1 fully saturated rings. The van der Waals surface area contributed by atoms with E-state index in [-0.39, 0.29) is 17.7 Å². The van der Waals surface area contributed by atoms with Crippen LogP contribution in [0, 0.1) is 0 Å². The normalized spacial score (nSPS) is 18.3. The molecule has 1 aliphatic heterocycles. The highest BCUT2D eigenvalue weighted by Gasteiger charge is 2.58. The van der Waals surface area contributed by atoms with Crippen molar-refractivity contribution >= 4 is 50.3 Å². The number of thioether (sulfide) groups is 1. The third-order valence-corrected chi connectivity index (χ3v) is 9.27. The largest absolute Gasteiger partial charge is 0.497 e. The highest BCUT2D eigenvalue weighted by molar-refractivity contribution is 8.25. The quantitative estimate of drug-likeness (QED) is 0.547. The first-order chi connectivity index (χ1) is 15.2. The Hall–Kier alpha value is -2.56. The van der Waals surface area contributed by atoms with Crippen molar-refractivity contribution in [1.29, 1.82) is 0 Å². The summed E-state index contributed by atoms with van der Waals surface area (Å²) in [6, 6.07) is 12.7. The number of benzene rings is 2. The fourth-order valence-corrected chi connectivity index (χ4v) is 6.61. The molecule has 0 aliphatic carbocycles. The molecule has 3 rings (SSSR count). The lowest BCUT2D eigenvalue weighted by atomic mass is 10.1. The molecular weight excluding hydrogens is 476 g/mol. The number of hydrogen-bond acceptors (Lipinski definition) is 7. The van der Waals surface area contributed by atoms with Crippen molar-refractivity contribution in [3.8, 4) is 5.75 Å². The lowest BCUT2D eigenvalue weighted by Crippen LogP contribution is -2.44. The van der Waals surface area contributed by atoms with E-state index in [1.807, 2.05) is 17.4 Å². The maximum Gasteiger partial charge on any atom is 0.287 e. The van der Waals surface area contributed by atoms with Crippen molar-refractivity contribution in [3.05, 3.63) is 59.1 Å². The van der Waals surface area contributed by atoms with Gasteiger partial charge in [0.15, 0.2) is 0 Å². The lowest BCUT2D eigenvalue weighted by Gasteiger charge is -2.24. The fourth-order valence-electron chi connectivity index (χ4n) is 3.19. The minimum absolute atomic E-state index is 0.140. The van der Waals surface area contributed by atoms with Gasteiger partial charge in [0.1, 0.15) is 5.75 Å². The lowest BCUT2D eigenvalue weighted by molar-refractivity contribution is -0.121. The van der Waals surface area contributed by atoms with E-state index in [1.165, 1.54) is 31.4 Å². The van der Waals surface area contributed by atoms with Gasteiger partial charge >= 0.3 is 0 Å². The SMILES string of the molecule is COc1ccc(S(=O)(=O)C2(CCC(=O)NCCc3ccc(Cl)cc3)SC(=O)NC2=O)cc1. The number of carbonyl (C=O) groups excluding carboxylic acids is 3. The summed E-state index contributed by atoms with van der Waals surface area (Å²) in [5.74, 6) is -0.925. The van der Waals surface area contributed by atoms with E-state index >= 15 is 0 Å². The topological polar surface area (TPSA) is 119 Å². The van der Waals surface area contributed by atoms with Crippen LogP contribution < -0.4 is 15.4 Å². The predicted molar refractivity (Wildman–Crippen MR) is 121 cm³/mol. The van der Waals surface area contributed by atoms with Gasteiger partial charge in [-0.05, 0) is 66.6 Å². The van der Waals surface area contributed by atoms with Crippen LogP contribution in [-0.4, -0.2) is 43.2 Å². The molecule has 32 heavy (non-hydrogen) atoms. The Labute approximate surface area is 195 Å². The van der Waals surface area contributed by atoms with Crippen molar-refractivity contribution in [2.45, 2.75) is 28.2 Å². The Morgan fingerprint density at radius 2 is 1.78 bits per heavy atom. The number of sulfone groups is 1. The molecule has 1 heterocycles. The molecular formula is C21H21ClN2O6S2. The monoisotopic (exact) mass is 496 g/mol. The van der Waals surface area contributed by atoms with E-state index in [2.05, 4.69) is 5.32 Å². The molecule has 3 amide bonds. The van der Waals surface area contributed by atoms with Crippen molar-refractivity contribution in [2.24, 2.45) is 0 Å². The standard InChI is InChI=1S/C21H21ClN2O6S2/c1-30-16-6-8-17(9-7-16)32(28,29)21(19(26)24-20(27)31-21)12-10-18(25)23-13-11-14-2-4-15(22)5-3-14/h2-9H,10-13H2,1H3,(H,23,25)(H,24,26,27). The number of hydrogen-bond donors (Lipinski definition) is 2. The summed E-state index contributed by atoms with van der Waals surface area (Å²) in [5.41, 5.74) is 0.976. The van der Waals surface area contributed by atoms with Crippen LogP contribution in [0.25, 0.3) is 0 Å². The second-order valence-corrected chi connectivity index (χ2v) is 11.1. The summed E-state index contributed by atoms with van der Waals surface area (Å²) < 4.78 is 29.6. The van der Waals surface area contributed by atoms with Crippen molar-refractivity contribution in [1.82, 2.24) is 10.6 Å². The van der Waals surface area contributed by atoms with Crippen LogP contribution in [0.2, 0.25) is 5.02 Å². The van der Waals surface area contributed by atoms with Gasteiger partial charge in [0.05, 0.1) is 12.0 Å². The number of halogens is 1. The molecule has 0 bridgehead atoms. The molecule has 1 aliphatic rings. The Morgan fingerprint density at radius 1 is 1.12 bits per heavy atom. The summed E-state index contributed by atoms with van der Waals surface area (Å²) in [7, 11) is -2.85. The zero-order valence-electron chi connectivity index (χ0n) is 17.1.